The summed E-state index contributed by atoms with van der Waals surface area (Å²) in [6.07, 6.45) is 0. The lowest BCUT2D eigenvalue weighted by atomic mass is 9.95. The van der Waals surface area contributed by atoms with Crippen molar-refractivity contribution >= 4 is 77.5 Å². The van der Waals surface area contributed by atoms with Crippen molar-refractivity contribution in [1.29, 1.82) is 0 Å². The second-order valence-corrected chi connectivity index (χ2v) is 16.2. The molecule has 0 saturated carbocycles. The minimum absolute atomic E-state index is 0.114. The SMILES string of the molecule is [2H]c1c([2H])c(N(c2ccccc2)c2ccc3ccccc3c2)c([2H])c([2H])c1-c1cccc2c(N(c3ccc4c(c3)c3ccccc3n4-c3ccccc3)c3ccccc3-c3ccccc3)cccc12. The highest BCUT2D eigenvalue weighted by atomic mass is 15.2. The van der Waals surface area contributed by atoms with E-state index in [1.54, 1.807) is 0 Å². The monoisotopic (exact) mass is 833 g/mol. The minimum Gasteiger partial charge on any atom is -0.310 e. The summed E-state index contributed by atoms with van der Waals surface area (Å²) in [6, 6.07) is 80.1. The van der Waals surface area contributed by atoms with Gasteiger partial charge in [-0.15, -0.1) is 0 Å². The number of rotatable bonds is 9. The Labute approximate surface area is 384 Å². The van der Waals surface area contributed by atoms with Crippen molar-refractivity contribution in [2.45, 2.75) is 0 Å². The highest BCUT2D eigenvalue weighted by Crippen LogP contribution is 2.47. The van der Waals surface area contributed by atoms with E-state index in [9.17, 15) is 5.48 Å². The van der Waals surface area contributed by atoms with Crippen molar-refractivity contribution in [3.8, 4) is 27.9 Å². The van der Waals surface area contributed by atoms with Crippen LogP contribution in [0.4, 0.5) is 34.1 Å². The molecule has 0 bridgehead atoms. The maximum atomic E-state index is 9.74. The summed E-state index contributed by atoms with van der Waals surface area (Å²) in [7, 11) is 0. The zero-order valence-electron chi connectivity index (χ0n) is 39.4. The van der Waals surface area contributed by atoms with Gasteiger partial charge in [-0.3, -0.25) is 0 Å². The molecule has 3 heteroatoms. The molecule has 0 atom stereocenters. The van der Waals surface area contributed by atoms with Gasteiger partial charge in [-0.1, -0.05) is 176 Å². The highest BCUT2D eigenvalue weighted by molar-refractivity contribution is 6.12. The summed E-state index contributed by atoms with van der Waals surface area (Å²) < 4.78 is 41.2. The molecule has 0 aliphatic heterocycles. The first-order valence-corrected chi connectivity index (χ1v) is 21.9. The smallest absolute Gasteiger partial charge is 0.0645 e. The fraction of sp³-hybridized carbons (Fsp3) is 0. The zero-order valence-corrected chi connectivity index (χ0v) is 35.4. The van der Waals surface area contributed by atoms with Gasteiger partial charge in [-0.25, -0.2) is 0 Å². The van der Waals surface area contributed by atoms with Gasteiger partial charge in [0, 0.05) is 50.2 Å². The fourth-order valence-corrected chi connectivity index (χ4v) is 9.45. The molecule has 306 valence electrons. The normalized spacial score (nSPS) is 12.2. The molecule has 3 nitrogen and oxygen atoms in total. The maximum absolute atomic E-state index is 9.74. The molecule has 12 aromatic rings. The largest absolute Gasteiger partial charge is 0.310 e. The third-order valence-electron chi connectivity index (χ3n) is 12.4. The van der Waals surface area contributed by atoms with Crippen LogP contribution in [-0.4, -0.2) is 4.57 Å². The quantitative estimate of drug-likeness (QED) is 0.144. The fourth-order valence-electron chi connectivity index (χ4n) is 9.45. The van der Waals surface area contributed by atoms with Gasteiger partial charge in [0.05, 0.1) is 27.9 Å². The topological polar surface area (TPSA) is 11.4 Å². The lowest BCUT2D eigenvalue weighted by molar-refractivity contribution is 1.18. The van der Waals surface area contributed by atoms with E-state index in [1.807, 2.05) is 108 Å². The third-order valence-corrected chi connectivity index (χ3v) is 12.4. The molecule has 0 saturated heterocycles. The van der Waals surface area contributed by atoms with E-state index in [1.165, 1.54) is 0 Å². The molecule has 65 heavy (non-hydrogen) atoms. The van der Waals surface area contributed by atoms with Crippen molar-refractivity contribution in [3.05, 3.63) is 261 Å². The van der Waals surface area contributed by atoms with E-state index in [2.05, 4.69) is 143 Å². The summed E-state index contributed by atoms with van der Waals surface area (Å²) in [5, 5.41) is 6.04. The first-order chi connectivity index (χ1) is 33.9. The highest BCUT2D eigenvalue weighted by Gasteiger charge is 2.22. The molecule has 0 radical (unpaired) electrons. The van der Waals surface area contributed by atoms with Gasteiger partial charge in [0.2, 0.25) is 0 Å². The number of aromatic nitrogens is 1. The van der Waals surface area contributed by atoms with Crippen LogP contribution in [0.15, 0.2) is 261 Å². The van der Waals surface area contributed by atoms with Crippen LogP contribution in [0, 0.1) is 0 Å². The Morgan fingerprint density at radius 1 is 0.308 bits per heavy atom. The van der Waals surface area contributed by atoms with Gasteiger partial charge in [0.1, 0.15) is 0 Å². The molecule has 1 aromatic heterocycles. The van der Waals surface area contributed by atoms with Crippen molar-refractivity contribution in [3.63, 3.8) is 0 Å². The Balaban J connectivity index is 1.07. The summed E-state index contributed by atoms with van der Waals surface area (Å²) in [4.78, 5) is 4.16. The van der Waals surface area contributed by atoms with Gasteiger partial charge >= 0.3 is 0 Å². The molecule has 0 aliphatic carbocycles. The number of hydrogen-bond donors (Lipinski definition) is 0. The maximum Gasteiger partial charge on any atom is 0.0645 e. The van der Waals surface area contributed by atoms with Crippen LogP contribution in [0.2, 0.25) is 0 Å². The predicted molar refractivity (Wildman–Crippen MR) is 276 cm³/mol. The Kier molecular flexibility index (Phi) is 8.47. The van der Waals surface area contributed by atoms with Gasteiger partial charge < -0.3 is 14.4 Å². The molecule has 0 spiro atoms. The van der Waals surface area contributed by atoms with E-state index in [0.717, 1.165) is 88.6 Å². The molecule has 0 fully saturated rings. The number of benzene rings is 11. The molecular weight excluding hydrogens is 787 g/mol. The summed E-state index contributed by atoms with van der Waals surface area (Å²) in [5.74, 6) is 0. The van der Waals surface area contributed by atoms with Gasteiger partial charge in [0.25, 0.3) is 0 Å². The van der Waals surface area contributed by atoms with Crippen LogP contribution in [0.25, 0.3) is 71.3 Å². The van der Waals surface area contributed by atoms with Gasteiger partial charge in [-0.2, -0.15) is 0 Å². The van der Waals surface area contributed by atoms with Crippen molar-refractivity contribution in [1.82, 2.24) is 4.57 Å². The molecule has 0 amide bonds. The Morgan fingerprint density at radius 2 is 0.892 bits per heavy atom. The third kappa shape index (κ3) is 6.78. The van der Waals surface area contributed by atoms with E-state index >= 15 is 0 Å². The molecule has 1 heterocycles. The number of fused-ring (bicyclic) bond motifs is 5. The number of hydrogen-bond acceptors (Lipinski definition) is 2. The van der Waals surface area contributed by atoms with E-state index in [-0.39, 0.29) is 35.4 Å². The van der Waals surface area contributed by atoms with E-state index < -0.39 is 0 Å². The van der Waals surface area contributed by atoms with Crippen LogP contribution in [0.5, 0.6) is 0 Å². The average Bonchev–Trinajstić information content (AvgIpc) is 3.74. The Bertz CT molecular complexity index is 3880. The van der Waals surface area contributed by atoms with Crippen molar-refractivity contribution in [2.24, 2.45) is 0 Å². The summed E-state index contributed by atoms with van der Waals surface area (Å²) >= 11 is 0. The Hall–Kier alpha value is -8.66. The van der Waals surface area contributed by atoms with E-state index in [0.29, 0.717) is 5.56 Å². The molecule has 12 rings (SSSR count). The van der Waals surface area contributed by atoms with Crippen molar-refractivity contribution in [2.75, 3.05) is 9.80 Å². The standard InChI is InChI=1S/C62H43N3/c1-4-19-45(20-5-1)54-26-12-14-31-59(54)65(52-40-41-62-58(43-52)57-27-13-15-32-60(57)64(62)49-24-8-3-9-25-49)61-33-17-29-55-53(28-16-30-56(55)61)46-35-37-50(38-36-46)63(48-22-6-2-7-23-48)51-39-34-44-18-10-11-21-47(44)42-51/h1-43H/i35D,36D,37D,38D. The molecule has 0 unspecified atom stereocenters. The van der Waals surface area contributed by atoms with Gasteiger partial charge in [0.15, 0.2) is 0 Å². The lowest BCUT2D eigenvalue weighted by Crippen LogP contribution is -2.12. The lowest BCUT2D eigenvalue weighted by Gasteiger charge is -2.29. The van der Waals surface area contributed by atoms with Crippen LogP contribution in [0.1, 0.15) is 5.48 Å². The van der Waals surface area contributed by atoms with Crippen LogP contribution in [-0.2, 0) is 0 Å². The minimum atomic E-state index is -0.127. The van der Waals surface area contributed by atoms with Crippen LogP contribution >= 0.6 is 0 Å². The second kappa shape index (κ2) is 16.2. The molecular formula is C62H43N3. The predicted octanol–water partition coefficient (Wildman–Crippen LogP) is 17.4. The van der Waals surface area contributed by atoms with E-state index in [4.69, 9.17) is 0 Å². The number of anilines is 6. The summed E-state index contributed by atoms with van der Waals surface area (Å²) in [5.41, 5.74) is 10.8. The average molecular weight is 834 g/mol. The first-order valence-electron chi connectivity index (χ1n) is 23.9. The van der Waals surface area contributed by atoms with Crippen LogP contribution < -0.4 is 9.80 Å². The molecule has 11 aromatic carbocycles. The second-order valence-electron chi connectivity index (χ2n) is 16.2. The van der Waals surface area contributed by atoms with Crippen molar-refractivity contribution < 1.29 is 5.48 Å². The van der Waals surface area contributed by atoms with Crippen LogP contribution in [0.3, 0.4) is 0 Å². The molecule has 0 aliphatic rings. The van der Waals surface area contributed by atoms with Gasteiger partial charge in [-0.05, 0) is 118 Å². The zero-order chi connectivity index (χ0) is 46.6. The number of para-hydroxylation sites is 4. The summed E-state index contributed by atoms with van der Waals surface area (Å²) in [6.45, 7) is 0. The first kappa shape index (κ1) is 33.9. The number of nitrogens with zero attached hydrogens (tertiary/aromatic N) is 3. The Morgan fingerprint density at radius 3 is 1.72 bits per heavy atom. The molecule has 0 N–H and O–H groups in total.